The summed E-state index contributed by atoms with van der Waals surface area (Å²) in [6.45, 7) is 2.18. The lowest BCUT2D eigenvalue weighted by molar-refractivity contribution is 1.10. The Morgan fingerprint density at radius 2 is 2.60 bits per heavy atom. The summed E-state index contributed by atoms with van der Waals surface area (Å²) >= 11 is 6.82. The zero-order chi connectivity index (χ0) is 7.40. The van der Waals surface area contributed by atoms with E-state index in [0.29, 0.717) is 0 Å². The molecular formula is C6H8BrNS2. The maximum Gasteiger partial charge on any atom is 0.151 e. The van der Waals surface area contributed by atoms with Gasteiger partial charge in [0, 0.05) is 11.1 Å². The maximum atomic E-state index is 4.25. The van der Waals surface area contributed by atoms with E-state index >= 15 is 0 Å². The largest absolute Gasteiger partial charge is 0.223 e. The smallest absolute Gasteiger partial charge is 0.151 e. The normalized spacial score (nSPS) is 10.2. The van der Waals surface area contributed by atoms with E-state index in [2.05, 4.69) is 27.8 Å². The first-order valence-electron chi connectivity index (χ1n) is 3.06. The van der Waals surface area contributed by atoms with Crippen LogP contribution in [0.1, 0.15) is 13.3 Å². The molecule has 1 aromatic rings. The molecule has 0 atom stereocenters. The van der Waals surface area contributed by atoms with E-state index in [4.69, 9.17) is 0 Å². The Hall–Kier alpha value is 0.460. The number of aromatic nitrogens is 1. The third-order valence-corrected chi connectivity index (χ3v) is 3.82. The second-order valence-electron chi connectivity index (χ2n) is 1.78. The molecule has 0 fully saturated rings. The molecule has 0 spiro atoms. The van der Waals surface area contributed by atoms with E-state index in [1.807, 2.05) is 17.1 Å². The topological polar surface area (TPSA) is 12.9 Å². The average Bonchev–Trinajstić information content (AvgIpc) is 2.31. The van der Waals surface area contributed by atoms with Gasteiger partial charge in [-0.2, -0.15) is 0 Å². The molecule has 0 saturated heterocycles. The quantitative estimate of drug-likeness (QED) is 0.748. The fourth-order valence-electron chi connectivity index (χ4n) is 0.495. The van der Waals surface area contributed by atoms with Crippen molar-refractivity contribution in [2.24, 2.45) is 0 Å². The highest BCUT2D eigenvalue weighted by Gasteiger charge is 1.97. The van der Waals surface area contributed by atoms with Crippen molar-refractivity contribution in [3.05, 3.63) is 9.98 Å². The molecule has 10 heavy (non-hydrogen) atoms. The third kappa shape index (κ3) is 2.60. The Kier molecular flexibility index (Phi) is 3.73. The van der Waals surface area contributed by atoms with Gasteiger partial charge < -0.3 is 0 Å². The first-order chi connectivity index (χ1) is 4.83. The zero-order valence-electron chi connectivity index (χ0n) is 5.63. The van der Waals surface area contributed by atoms with E-state index in [1.165, 1.54) is 12.2 Å². The molecular weight excluding hydrogens is 230 g/mol. The zero-order valence-corrected chi connectivity index (χ0v) is 8.85. The molecule has 1 nitrogen and oxygen atoms in total. The van der Waals surface area contributed by atoms with Crippen molar-refractivity contribution in [3.8, 4) is 0 Å². The fourth-order valence-corrected chi connectivity index (χ4v) is 2.80. The molecule has 0 saturated carbocycles. The summed E-state index contributed by atoms with van der Waals surface area (Å²) in [6, 6.07) is 0. The van der Waals surface area contributed by atoms with E-state index in [-0.39, 0.29) is 0 Å². The van der Waals surface area contributed by atoms with Crippen LogP contribution in [-0.2, 0) is 0 Å². The summed E-state index contributed by atoms with van der Waals surface area (Å²) in [6.07, 6.45) is 1.21. The highest BCUT2D eigenvalue weighted by atomic mass is 79.9. The van der Waals surface area contributed by atoms with Gasteiger partial charge in [-0.3, -0.25) is 0 Å². The van der Waals surface area contributed by atoms with Crippen LogP contribution in [0, 0.1) is 0 Å². The lowest BCUT2D eigenvalue weighted by Gasteiger charge is -1.89. The van der Waals surface area contributed by atoms with E-state index in [9.17, 15) is 0 Å². The van der Waals surface area contributed by atoms with Crippen molar-refractivity contribution in [2.45, 2.75) is 17.7 Å². The van der Waals surface area contributed by atoms with Crippen LogP contribution in [0.15, 0.2) is 14.3 Å². The molecule has 0 radical (unpaired) electrons. The highest BCUT2D eigenvalue weighted by molar-refractivity contribution is 9.10. The number of hydrogen-bond acceptors (Lipinski definition) is 3. The molecule has 1 aromatic heterocycles. The Labute approximate surface area is 77.4 Å². The van der Waals surface area contributed by atoms with Gasteiger partial charge in [-0.25, -0.2) is 4.98 Å². The van der Waals surface area contributed by atoms with Crippen LogP contribution in [0.2, 0.25) is 0 Å². The van der Waals surface area contributed by atoms with Crippen LogP contribution in [0.3, 0.4) is 0 Å². The Balaban J connectivity index is 2.42. The fraction of sp³-hybridized carbons (Fsp3) is 0.500. The lowest BCUT2D eigenvalue weighted by atomic mass is 10.6. The first-order valence-corrected chi connectivity index (χ1v) is 5.72. The predicted molar refractivity (Wildman–Crippen MR) is 50.8 cm³/mol. The molecule has 0 bridgehead atoms. The maximum absolute atomic E-state index is 4.25. The van der Waals surface area contributed by atoms with E-state index in [0.717, 1.165) is 8.94 Å². The van der Waals surface area contributed by atoms with Crippen LogP contribution < -0.4 is 0 Å². The van der Waals surface area contributed by atoms with Crippen LogP contribution in [0.4, 0.5) is 0 Å². The minimum Gasteiger partial charge on any atom is -0.223 e. The van der Waals surface area contributed by atoms with E-state index < -0.39 is 0 Å². The second-order valence-corrected chi connectivity index (χ2v) is 4.80. The van der Waals surface area contributed by atoms with Crippen LogP contribution >= 0.6 is 39.0 Å². The highest BCUT2D eigenvalue weighted by Crippen LogP contribution is 2.25. The molecule has 0 N–H and O–H groups in total. The van der Waals surface area contributed by atoms with Crippen LogP contribution in [0.5, 0.6) is 0 Å². The van der Waals surface area contributed by atoms with Gasteiger partial charge in [0.15, 0.2) is 4.34 Å². The molecule has 0 aliphatic carbocycles. The molecule has 0 aliphatic rings. The summed E-state index contributed by atoms with van der Waals surface area (Å²) in [4.78, 5) is 4.25. The van der Waals surface area contributed by atoms with Gasteiger partial charge in [-0.15, -0.1) is 11.3 Å². The number of thioether (sulfide) groups is 1. The molecule has 1 rings (SSSR count). The summed E-state index contributed by atoms with van der Waals surface area (Å²) in [5.74, 6) is 1.17. The van der Waals surface area contributed by atoms with Crippen molar-refractivity contribution in [1.29, 1.82) is 0 Å². The van der Waals surface area contributed by atoms with Crippen LogP contribution in [-0.4, -0.2) is 10.7 Å². The van der Waals surface area contributed by atoms with Crippen molar-refractivity contribution < 1.29 is 0 Å². The van der Waals surface area contributed by atoms with Gasteiger partial charge >= 0.3 is 0 Å². The van der Waals surface area contributed by atoms with Crippen molar-refractivity contribution in [2.75, 3.05) is 5.75 Å². The second kappa shape index (κ2) is 4.36. The van der Waals surface area contributed by atoms with Gasteiger partial charge in [0.2, 0.25) is 0 Å². The number of thiazole rings is 1. The van der Waals surface area contributed by atoms with Gasteiger partial charge in [-0.1, -0.05) is 18.7 Å². The monoisotopic (exact) mass is 237 g/mol. The van der Waals surface area contributed by atoms with Crippen molar-refractivity contribution in [3.63, 3.8) is 0 Å². The van der Waals surface area contributed by atoms with Crippen LogP contribution in [0.25, 0.3) is 0 Å². The minimum atomic E-state index is 0.955. The Morgan fingerprint density at radius 1 is 1.80 bits per heavy atom. The van der Waals surface area contributed by atoms with Gasteiger partial charge in [0.05, 0.1) is 0 Å². The number of hydrogen-bond donors (Lipinski definition) is 0. The van der Waals surface area contributed by atoms with Gasteiger partial charge in [0.25, 0.3) is 0 Å². The minimum absolute atomic E-state index is 0.955. The predicted octanol–water partition coefficient (Wildman–Crippen LogP) is 3.41. The summed E-state index contributed by atoms with van der Waals surface area (Å²) in [5.41, 5.74) is 0. The first kappa shape index (κ1) is 8.56. The summed E-state index contributed by atoms with van der Waals surface area (Å²) in [5, 5.41) is 2.01. The van der Waals surface area contributed by atoms with E-state index in [1.54, 1.807) is 11.3 Å². The summed E-state index contributed by atoms with van der Waals surface area (Å²) in [7, 11) is 0. The SMILES string of the molecule is CCCSc1nc(Br)cs1. The number of halogens is 1. The lowest BCUT2D eigenvalue weighted by Crippen LogP contribution is -1.72. The molecule has 0 aliphatic heterocycles. The average molecular weight is 238 g/mol. The molecule has 4 heteroatoms. The van der Waals surface area contributed by atoms with Crippen molar-refractivity contribution in [1.82, 2.24) is 4.98 Å². The molecule has 56 valence electrons. The Bertz CT molecular complexity index is 199. The third-order valence-electron chi connectivity index (χ3n) is 0.885. The summed E-state index contributed by atoms with van der Waals surface area (Å²) < 4.78 is 2.12. The molecule has 0 amide bonds. The van der Waals surface area contributed by atoms with Crippen molar-refractivity contribution >= 4 is 39.0 Å². The standard InChI is InChI=1S/C6H8BrNS2/c1-2-3-9-6-8-5(7)4-10-6/h4H,2-3H2,1H3. The number of rotatable bonds is 3. The molecule has 0 unspecified atom stereocenters. The van der Waals surface area contributed by atoms with Gasteiger partial charge in [-0.05, 0) is 22.4 Å². The number of nitrogens with zero attached hydrogens (tertiary/aromatic N) is 1. The molecule has 0 aromatic carbocycles. The molecule has 1 heterocycles. The Morgan fingerprint density at radius 3 is 3.10 bits per heavy atom. The van der Waals surface area contributed by atoms with Gasteiger partial charge in [0.1, 0.15) is 4.60 Å².